The van der Waals surface area contributed by atoms with E-state index in [9.17, 15) is 14.0 Å². The molecule has 0 atom stereocenters. The summed E-state index contributed by atoms with van der Waals surface area (Å²) in [6.45, 7) is 7.46. The average Bonchev–Trinajstić information content (AvgIpc) is 3.05. The van der Waals surface area contributed by atoms with Gasteiger partial charge in [0.2, 0.25) is 0 Å². The standard InChI is InChI=1S/C25H27FN4O3/c1-16(2)33-25(32)22-7-5-6-8-23(22)30-17(3)13-19(18(30)4)14-28-29-24(31)15-27-21-11-9-20(26)10-12-21/h5-14,16,27H,15H2,1-4H3,(H,29,31)/b28-14-. The molecule has 0 unspecified atom stereocenters. The minimum Gasteiger partial charge on any atom is -0.459 e. The number of carbonyl (C=O) groups excluding carboxylic acids is 2. The van der Waals surface area contributed by atoms with Gasteiger partial charge in [-0.15, -0.1) is 0 Å². The largest absolute Gasteiger partial charge is 0.459 e. The molecule has 7 nitrogen and oxygen atoms in total. The van der Waals surface area contributed by atoms with Gasteiger partial charge in [0.25, 0.3) is 5.91 Å². The van der Waals surface area contributed by atoms with Crippen molar-refractivity contribution in [2.75, 3.05) is 11.9 Å². The molecule has 0 aliphatic rings. The molecule has 0 saturated carbocycles. The van der Waals surface area contributed by atoms with Crippen LogP contribution in [0.1, 0.15) is 41.2 Å². The lowest BCUT2D eigenvalue weighted by molar-refractivity contribution is -0.119. The highest BCUT2D eigenvalue weighted by molar-refractivity contribution is 5.94. The monoisotopic (exact) mass is 450 g/mol. The Morgan fingerprint density at radius 1 is 1.12 bits per heavy atom. The van der Waals surface area contributed by atoms with Crippen molar-refractivity contribution in [3.63, 3.8) is 0 Å². The van der Waals surface area contributed by atoms with Crippen LogP contribution in [0.15, 0.2) is 59.7 Å². The molecule has 1 heterocycles. The first-order valence-electron chi connectivity index (χ1n) is 10.6. The molecule has 0 spiro atoms. The van der Waals surface area contributed by atoms with Crippen LogP contribution in [0.25, 0.3) is 5.69 Å². The molecule has 0 saturated heterocycles. The Labute approximate surface area is 192 Å². The zero-order chi connectivity index (χ0) is 24.0. The van der Waals surface area contributed by atoms with Gasteiger partial charge in [0.05, 0.1) is 30.1 Å². The maximum Gasteiger partial charge on any atom is 0.340 e. The van der Waals surface area contributed by atoms with Crippen molar-refractivity contribution in [2.24, 2.45) is 5.10 Å². The Morgan fingerprint density at radius 3 is 2.52 bits per heavy atom. The number of nitrogens with one attached hydrogen (secondary N) is 2. The molecule has 172 valence electrons. The minimum atomic E-state index is -0.385. The molecule has 33 heavy (non-hydrogen) atoms. The highest BCUT2D eigenvalue weighted by Gasteiger charge is 2.18. The highest BCUT2D eigenvalue weighted by atomic mass is 19.1. The summed E-state index contributed by atoms with van der Waals surface area (Å²) in [5, 5.41) is 6.94. The van der Waals surface area contributed by atoms with Crippen LogP contribution in [0, 0.1) is 19.7 Å². The topological polar surface area (TPSA) is 84.7 Å². The molecule has 1 amide bonds. The molecule has 3 aromatic rings. The van der Waals surface area contributed by atoms with Gasteiger partial charge in [-0.1, -0.05) is 12.1 Å². The molecule has 3 rings (SSSR count). The molecule has 8 heteroatoms. The molecular formula is C25H27FN4O3. The van der Waals surface area contributed by atoms with Gasteiger partial charge in [-0.2, -0.15) is 5.10 Å². The number of hydrogen-bond acceptors (Lipinski definition) is 5. The van der Waals surface area contributed by atoms with Crippen LogP contribution in [0.4, 0.5) is 10.1 Å². The molecule has 2 aromatic carbocycles. The third-order valence-electron chi connectivity index (χ3n) is 4.87. The van der Waals surface area contributed by atoms with Gasteiger partial charge in [-0.05, 0) is 70.2 Å². The van der Waals surface area contributed by atoms with Crippen molar-refractivity contribution < 1.29 is 18.7 Å². The predicted molar refractivity (Wildman–Crippen MR) is 126 cm³/mol. The van der Waals surface area contributed by atoms with Crippen LogP contribution < -0.4 is 10.7 Å². The number of hydrazone groups is 1. The third kappa shape index (κ3) is 6.06. The van der Waals surface area contributed by atoms with Gasteiger partial charge < -0.3 is 14.6 Å². The maximum absolute atomic E-state index is 12.9. The second-order valence-corrected chi connectivity index (χ2v) is 7.79. The Morgan fingerprint density at radius 2 is 1.82 bits per heavy atom. The lowest BCUT2D eigenvalue weighted by Crippen LogP contribution is -2.25. The number of esters is 1. The van der Waals surface area contributed by atoms with E-state index in [0.29, 0.717) is 16.9 Å². The number of ether oxygens (including phenoxy) is 1. The lowest BCUT2D eigenvalue weighted by Gasteiger charge is -2.15. The maximum atomic E-state index is 12.9. The first-order valence-corrected chi connectivity index (χ1v) is 10.6. The number of aryl methyl sites for hydroxylation is 1. The molecule has 0 aliphatic carbocycles. The van der Waals surface area contributed by atoms with E-state index in [4.69, 9.17) is 4.74 Å². The van der Waals surface area contributed by atoms with Gasteiger partial charge in [0.15, 0.2) is 0 Å². The van der Waals surface area contributed by atoms with Crippen LogP contribution >= 0.6 is 0 Å². The molecule has 2 N–H and O–H groups in total. The van der Waals surface area contributed by atoms with Crippen molar-refractivity contribution in [2.45, 2.75) is 33.8 Å². The molecular weight excluding hydrogens is 423 g/mol. The Balaban J connectivity index is 1.71. The van der Waals surface area contributed by atoms with E-state index in [0.717, 1.165) is 17.0 Å². The Hall–Kier alpha value is -3.94. The lowest BCUT2D eigenvalue weighted by atomic mass is 10.1. The third-order valence-corrected chi connectivity index (χ3v) is 4.87. The van der Waals surface area contributed by atoms with E-state index in [1.54, 1.807) is 30.5 Å². The van der Waals surface area contributed by atoms with E-state index < -0.39 is 0 Å². The van der Waals surface area contributed by atoms with Crippen molar-refractivity contribution in [1.82, 2.24) is 9.99 Å². The number of amides is 1. The first-order chi connectivity index (χ1) is 15.8. The van der Waals surface area contributed by atoms with Crippen molar-refractivity contribution >= 4 is 23.8 Å². The summed E-state index contributed by atoms with van der Waals surface area (Å²) >= 11 is 0. The van der Waals surface area contributed by atoms with Crippen LogP contribution in [0.5, 0.6) is 0 Å². The number of aromatic nitrogens is 1. The van der Waals surface area contributed by atoms with Gasteiger partial charge in [-0.25, -0.2) is 14.6 Å². The summed E-state index contributed by atoms with van der Waals surface area (Å²) in [6.07, 6.45) is 1.34. The molecule has 0 fully saturated rings. The van der Waals surface area contributed by atoms with Crippen molar-refractivity contribution in [3.8, 4) is 5.69 Å². The number of benzene rings is 2. The summed E-state index contributed by atoms with van der Waals surface area (Å²) in [6, 6.07) is 14.9. The number of halogens is 1. The van der Waals surface area contributed by atoms with Crippen molar-refractivity contribution in [1.29, 1.82) is 0 Å². The van der Waals surface area contributed by atoms with Crippen LogP contribution in [0.2, 0.25) is 0 Å². The Kier molecular flexibility index (Phi) is 7.61. The fourth-order valence-electron chi connectivity index (χ4n) is 3.37. The second kappa shape index (κ2) is 10.6. The van der Waals surface area contributed by atoms with Gasteiger partial charge in [0.1, 0.15) is 5.82 Å². The summed E-state index contributed by atoms with van der Waals surface area (Å²) in [5.74, 6) is -1.07. The van der Waals surface area contributed by atoms with E-state index in [2.05, 4.69) is 15.8 Å². The van der Waals surface area contributed by atoms with E-state index in [1.165, 1.54) is 12.1 Å². The molecule has 0 aliphatic heterocycles. The van der Waals surface area contributed by atoms with E-state index >= 15 is 0 Å². The number of nitrogens with zero attached hydrogens (tertiary/aromatic N) is 2. The van der Waals surface area contributed by atoms with Gasteiger partial charge >= 0.3 is 5.97 Å². The first kappa shape index (κ1) is 23.7. The normalized spacial score (nSPS) is 11.1. The van der Waals surface area contributed by atoms with Crippen LogP contribution in [-0.2, 0) is 9.53 Å². The summed E-state index contributed by atoms with van der Waals surface area (Å²) in [5.41, 5.74) is 6.85. The number of hydrogen-bond donors (Lipinski definition) is 2. The van der Waals surface area contributed by atoms with Gasteiger partial charge in [-0.3, -0.25) is 4.79 Å². The number of anilines is 1. The number of rotatable bonds is 8. The van der Waals surface area contributed by atoms with E-state index in [-0.39, 0.29) is 30.3 Å². The summed E-state index contributed by atoms with van der Waals surface area (Å²) in [7, 11) is 0. The smallest absolute Gasteiger partial charge is 0.340 e. The minimum absolute atomic E-state index is 0.00661. The fourth-order valence-corrected chi connectivity index (χ4v) is 3.37. The van der Waals surface area contributed by atoms with E-state index in [1.807, 2.05) is 50.5 Å². The average molecular weight is 451 g/mol. The molecule has 0 bridgehead atoms. The molecule has 1 aromatic heterocycles. The Bertz CT molecular complexity index is 1170. The number of carbonyl (C=O) groups is 2. The summed E-state index contributed by atoms with van der Waals surface area (Å²) in [4.78, 5) is 24.6. The molecule has 0 radical (unpaired) electrons. The van der Waals surface area contributed by atoms with Crippen molar-refractivity contribution in [3.05, 3.63) is 82.9 Å². The second-order valence-electron chi connectivity index (χ2n) is 7.79. The number of para-hydroxylation sites is 1. The highest BCUT2D eigenvalue weighted by Crippen LogP contribution is 2.23. The van der Waals surface area contributed by atoms with Crippen LogP contribution in [-0.4, -0.2) is 35.3 Å². The SMILES string of the molecule is Cc1cc(/C=N\NC(=O)CNc2ccc(F)cc2)c(C)n1-c1ccccc1C(=O)OC(C)C. The predicted octanol–water partition coefficient (Wildman–Crippen LogP) is 4.36. The van der Waals surface area contributed by atoms with Gasteiger partial charge in [0, 0.05) is 22.6 Å². The zero-order valence-electron chi connectivity index (χ0n) is 19.1. The quantitative estimate of drug-likeness (QED) is 0.303. The summed E-state index contributed by atoms with van der Waals surface area (Å²) < 4.78 is 20.3. The van der Waals surface area contributed by atoms with Crippen LogP contribution in [0.3, 0.4) is 0 Å². The zero-order valence-corrected chi connectivity index (χ0v) is 19.1. The fraction of sp³-hybridized carbons (Fsp3) is 0.240.